The summed E-state index contributed by atoms with van der Waals surface area (Å²) in [5.74, 6) is -0.199. The predicted octanol–water partition coefficient (Wildman–Crippen LogP) is 18.9. The molecule has 0 rings (SSSR count). The Balaban J connectivity index is 4.26. The highest BCUT2D eigenvalue weighted by molar-refractivity contribution is 7.47. The number of phosphoric acid groups is 1. The van der Waals surface area contributed by atoms with Crippen LogP contribution in [-0.2, 0) is 18.4 Å². The topological polar surface area (TPSA) is 105 Å². The van der Waals surface area contributed by atoms with Crippen LogP contribution in [0.1, 0.15) is 239 Å². The summed E-state index contributed by atoms with van der Waals surface area (Å²) >= 11 is 0. The fraction of sp³-hybridized carbons (Fsp3) is 0.682. The third kappa shape index (κ3) is 58.4. The molecule has 0 saturated carbocycles. The molecular formula is C66H116N2O6P+. The molecule has 0 aliphatic carbocycles. The van der Waals surface area contributed by atoms with Crippen molar-refractivity contribution < 1.29 is 32.9 Å². The summed E-state index contributed by atoms with van der Waals surface area (Å²) in [5, 5.41) is 13.9. The van der Waals surface area contributed by atoms with E-state index in [9.17, 15) is 19.4 Å². The minimum atomic E-state index is -4.37. The van der Waals surface area contributed by atoms with Crippen molar-refractivity contribution in [3.8, 4) is 0 Å². The van der Waals surface area contributed by atoms with Crippen molar-refractivity contribution in [2.75, 3.05) is 40.9 Å². The summed E-state index contributed by atoms with van der Waals surface area (Å²) in [7, 11) is 1.53. The zero-order valence-corrected chi connectivity index (χ0v) is 49.9. The summed E-state index contributed by atoms with van der Waals surface area (Å²) < 4.78 is 23.7. The molecule has 0 bridgehead atoms. The van der Waals surface area contributed by atoms with Crippen molar-refractivity contribution in [3.63, 3.8) is 0 Å². The Bertz CT molecular complexity index is 1630. The zero-order valence-electron chi connectivity index (χ0n) is 49.0. The first-order valence-corrected chi connectivity index (χ1v) is 31.9. The SMILES string of the molecule is CC/C=C\C/C=C\C/C=C\C/C=C\C/C=C\C/C=C\C/C=C\C/C=C\CCCCCCCCCCC(=O)NC(COP(=O)(O)OCC[N+](C)(C)C)C(O)/C=C/CC/C=C/CCCCCCCCCCCCCCCC. The molecule has 0 aliphatic heterocycles. The Kier molecular flexibility index (Phi) is 53.3. The summed E-state index contributed by atoms with van der Waals surface area (Å²) in [5.41, 5.74) is 0. The van der Waals surface area contributed by atoms with Crippen LogP contribution in [0.2, 0.25) is 0 Å². The van der Waals surface area contributed by atoms with Gasteiger partial charge < -0.3 is 19.8 Å². The third-order valence-electron chi connectivity index (χ3n) is 12.9. The van der Waals surface area contributed by atoms with Crippen molar-refractivity contribution >= 4 is 13.7 Å². The number of likely N-dealkylation sites (N-methyl/N-ethyl adjacent to an activating group) is 1. The van der Waals surface area contributed by atoms with E-state index >= 15 is 0 Å². The molecule has 0 saturated heterocycles. The van der Waals surface area contributed by atoms with Gasteiger partial charge in [-0.3, -0.25) is 13.8 Å². The number of carbonyl (C=O) groups excluding carboxylic acids is 1. The normalized spacial score (nSPS) is 14.7. The largest absolute Gasteiger partial charge is 0.472 e. The number of amides is 1. The van der Waals surface area contributed by atoms with Crippen molar-refractivity contribution in [1.29, 1.82) is 0 Å². The van der Waals surface area contributed by atoms with E-state index in [-0.39, 0.29) is 19.1 Å². The highest BCUT2D eigenvalue weighted by Crippen LogP contribution is 2.43. The molecule has 8 nitrogen and oxygen atoms in total. The number of hydrogen-bond acceptors (Lipinski definition) is 5. The van der Waals surface area contributed by atoms with Gasteiger partial charge in [-0.05, 0) is 96.3 Å². The van der Waals surface area contributed by atoms with Crippen LogP contribution in [0.15, 0.2) is 122 Å². The summed E-state index contributed by atoms with van der Waals surface area (Å²) in [6, 6.07) is -0.877. The van der Waals surface area contributed by atoms with Gasteiger partial charge in [-0.1, -0.05) is 257 Å². The van der Waals surface area contributed by atoms with E-state index in [2.05, 4.69) is 129 Å². The van der Waals surface area contributed by atoms with Gasteiger partial charge in [0.25, 0.3) is 0 Å². The average molecular weight is 1060 g/mol. The van der Waals surface area contributed by atoms with Gasteiger partial charge >= 0.3 is 7.82 Å². The quantitative estimate of drug-likeness (QED) is 0.0243. The molecule has 0 radical (unpaired) electrons. The van der Waals surface area contributed by atoms with E-state index in [1.807, 2.05) is 27.2 Å². The van der Waals surface area contributed by atoms with Crippen molar-refractivity contribution in [1.82, 2.24) is 5.32 Å². The summed E-state index contributed by atoms with van der Waals surface area (Å²) in [4.78, 5) is 23.3. The van der Waals surface area contributed by atoms with Gasteiger partial charge in [0.05, 0.1) is 39.9 Å². The Labute approximate surface area is 463 Å². The van der Waals surface area contributed by atoms with Crippen LogP contribution >= 0.6 is 7.82 Å². The minimum Gasteiger partial charge on any atom is -0.387 e. The molecule has 0 aromatic carbocycles. The smallest absolute Gasteiger partial charge is 0.387 e. The molecule has 430 valence electrons. The van der Waals surface area contributed by atoms with Crippen LogP contribution < -0.4 is 5.32 Å². The monoisotopic (exact) mass is 1060 g/mol. The molecule has 3 atom stereocenters. The molecule has 0 fully saturated rings. The number of nitrogens with one attached hydrogen (secondary N) is 1. The fourth-order valence-electron chi connectivity index (χ4n) is 8.19. The Morgan fingerprint density at radius 3 is 1.23 bits per heavy atom. The van der Waals surface area contributed by atoms with Gasteiger partial charge in [0, 0.05) is 6.42 Å². The van der Waals surface area contributed by atoms with Gasteiger partial charge in [-0.25, -0.2) is 4.57 Å². The van der Waals surface area contributed by atoms with Gasteiger partial charge in [-0.15, -0.1) is 0 Å². The lowest BCUT2D eigenvalue weighted by Gasteiger charge is -2.25. The maximum absolute atomic E-state index is 13.0. The van der Waals surface area contributed by atoms with Crippen molar-refractivity contribution in [2.45, 2.75) is 251 Å². The lowest BCUT2D eigenvalue weighted by Crippen LogP contribution is -2.45. The first-order valence-electron chi connectivity index (χ1n) is 30.4. The number of aliphatic hydroxyl groups is 1. The standard InChI is InChI=1S/C66H115N2O6P/c1-6-8-10-12-14-16-18-20-22-24-26-28-29-30-31-32-33-34-35-36-37-38-39-40-42-44-46-48-50-52-54-56-58-60-66(70)67-64(63-74-75(71,72)73-62-61-68(3,4)5)65(69)59-57-55-53-51-49-47-45-43-41-27-25-23-21-19-17-15-13-11-9-7-2/h8,10,14,16,20,22,26,28,30-31,33-34,36-37,39-40,49,51,57,59,64-65,69H,6-7,9,11-13,15,17-19,21,23-25,27,29,32,35,38,41-48,50,52-56,58,60-63H2,1-5H3,(H-,67,70,71,72)/p+1/b10-8-,16-14-,22-20-,28-26-,31-30-,34-33-,37-36-,40-39-,51-49+,59-57+. The molecular weight excluding hydrogens is 948 g/mol. The Morgan fingerprint density at radius 2 is 0.813 bits per heavy atom. The van der Waals surface area contributed by atoms with Crippen LogP contribution in [0.4, 0.5) is 0 Å². The predicted molar refractivity (Wildman–Crippen MR) is 327 cm³/mol. The van der Waals surface area contributed by atoms with Gasteiger partial charge in [0.2, 0.25) is 5.91 Å². The summed E-state index contributed by atoms with van der Waals surface area (Å²) in [6.45, 7) is 4.67. The number of hydrogen-bond donors (Lipinski definition) is 3. The molecule has 0 aliphatic rings. The molecule has 3 N–H and O–H groups in total. The van der Waals surface area contributed by atoms with E-state index in [1.165, 1.54) is 116 Å². The van der Waals surface area contributed by atoms with Crippen LogP contribution in [0.3, 0.4) is 0 Å². The van der Waals surface area contributed by atoms with E-state index in [0.717, 1.165) is 103 Å². The maximum atomic E-state index is 13.0. The highest BCUT2D eigenvalue weighted by Gasteiger charge is 2.27. The van der Waals surface area contributed by atoms with Crippen molar-refractivity contribution in [2.24, 2.45) is 0 Å². The van der Waals surface area contributed by atoms with Gasteiger partial charge in [-0.2, -0.15) is 0 Å². The molecule has 0 heterocycles. The zero-order chi connectivity index (χ0) is 54.9. The second-order valence-electron chi connectivity index (χ2n) is 21.3. The first kappa shape index (κ1) is 71.9. The average Bonchev–Trinajstić information content (AvgIpc) is 3.37. The second kappa shape index (κ2) is 55.6. The number of unbranched alkanes of at least 4 members (excludes halogenated alkanes) is 23. The number of phosphoric ester groups is 1. The van der Waals surface area contributed by atoms with Crippen LogP contribution in [0.25, 0.3) is 0 Å². The number of allylic oxidation sites excluding steroid dienone is 19. The highest BCUT2D eigenvalue weighted by atomic mass is 31.2. The van der Waals surface area contributed by atoms with E-state index < -0.39 is 20.0 Å². The van der Waals surface area contributed by atoms with Crippen LogP contribution in [0.5, 0.6) is 0 Å². The van der Waals surface area contributed by atoms with Crippen LogP contribution in [-0.4, -0.2) is 73.4 Å². The lowest BCUT2D eigenvalue weighted by molar-refractivity contribution is -0.870. The summed E-state index contributed by atoms with van der Waals surface area (Å²) in [6.07, 6.45) is 83.0. The number of aliphatic hydroxyl groups excluding tert-OH is 1. The minimum absolute atomic E-state index is 0.0484. The fourth-order valence-corrected chi connectivity index (χ4v) is 8.93. The Hall–Kier alpha value is -3.10. The maximum Gasteiger partial charge on any atom is 0.472 e. The molecule has 9 heteroatoms. The molecule has 1 amide bonds. The van der Waals surface area contributed by atoms with E-state index in [1.54, 1.807) is 6.08 Å². The molecule has 0 aromatic heterocycles. The third-order valence-corrected chi connectivity index (χ3v) is 13.9. The number of rotatable bonds is 54. The van der Waals surface area contributed by atoms with Gasteiger partial charge in [0.1, 0.15) is 13.2 Å². The van der Waals surface area contributed by atoms with E-state index in [4.69, 9.17) is 9.05 Å². The van der Waals surface area contributed by atoms with Gasteiger partial charge in [0.15, 0.2) is 0 Å². The van der Waals surface area contributed by atoms with Crippen molar-refractivity contribution in [3.05, 3.63) is 122 Å². The molecule has 0 spiro atoms. The second-order valence-corrected chi connectivity index (χ2v) is 22.8. The number of carbonyl (C=O) groups is 1. The number of nitrogens with zero attached hydrogens (tertiary/aromatic N) is 1. The Morgan fingerprint density at radius 1 is 0.467 bits per heavy atom. The lowest BCUT2D eigenvalue weighted by atomic mass is 10.0. The molecule has 3 unspecified atom stereocenters. The molecule has 0 aromatic rings. The van der Waals surface area contributed by atoms with E-state index in [0.29, 0.717) is 17.4 Å². The number of quaternary nitrogens is 1. The van der Waals surface area contributed by atoms with Crippen LogP contribution in [0, 0.1) is 0 Å². The first-order chi connectivity index (χ1) is 36.5. The molecule has 75 heavy (non-hydrogen) atoms.